The van der Waals surface area contributed by atoms with Gasteiger partial charge in [0.2, 0.25) is 10.3 Å². The molecule has 6 rings (SSSR count). The van der Waals surface area contributed by atoms with Crippen molar-refractivity contribution in [3.8, 4) is 0 Å². The van der Waals surface area contributed by atoms with Crippen LogP contribution in [0.15, 0.2) is 121 Å². The summed E-state index contributed by atoms with van der Waals surface area (Å²) in [5.74, 6) is -0.0257. The molecule has 0 saturated carbocycles. The first-order valence-corrected chi connectivity index (χ1v) is 13.2. The van der Waals surface area contributed by atoms with E-state index in [1.54, 1.807) is 59.4 Å². The molecule has 0 spiro atoms. The third kappa shape index (κ3) is 7.39. The summed E-state index contributed by atoms with van der Waals surface area (Å²) in [7, 11) is 0. The van der Waals surface area contributed by atoms with Gasteiger partial charge in [-0.25, -0.2) is 9.97 Å². The minimum Gasteiger partial charge on any atom is -0.306 e. The van der Waals surface area contributed by atoms with Crippen molar-refractivity contribution >= 4 is 64.9 Å². The molecule has 198 valence electrons. The van der Waals surface area contributed by atoms with Gasteiger partial charge in [0.05, 0.1) is 20.4 Å². The number of para-hydroxylation sites is 2. The van der Waals surface area contributed by atoms with Crippen molar-refractivity contribution in [2.24, 2.45) is 0 Å². The van der Waals surface area contributed by atoms with E-state index in [0.29, 0.717) is 11.1 Å². The van der Waals surface area contributed by atoms with Gasteiger partial charge in [0.1, 0.15) is 0 Å². The zero-order chi connectivity index (χ0) is 26.2. The predicted octanol–water partition coefficient (Wildman–Crippen LogP) is 5.58. The van der Waals surface area contributed by atoms with Crippen molar-refractivity contribution in [3.63, 3.8) is 0 Å². The van der Waals surface area contributed by atoms with E-state index in [4.69, 9.17) is 0 Å². The quantitative estimate of drug-likeness (QED) is 0.130. The minimum atomic E-state index is -0.0129. The summed E-state index contributed by atoms with van der Waals surface area (Å²) in [6.07, 6.45) is 16.9. The Morgan fingerprint density at radius 2 is 1.00 bits per heavy atom. The molecule has 4 N–H and O–H groups in total. The zero-order valence-corrected chi connectivity index (χ0v) is 22.9. The van der Waals surface area contributed by atoms with E-state index in [1.807, 2.05) is 60.7 Å². The molecule has 39 heavy (non-hydrogen) atoms. The predicted molar refractivity (Wildman–Crippen MR) is 155 cm³/mol. The number of anilines is 2. The summed E-state index contributed by atoms with van der Waals surface area (Å²) >= 11 is 3.11. The Bertz CT molecular complexity index is 1490. The summed E-state index contributed by atoms with van der Waals surface area (Å²) < 4.78 is 2.24. The van der Waals surface area contributed by atoms with Crippen molar-refractivity contribution < 1.29 is 26.1 Å². The molecule has 2 aliphatic rings. The average Bonchev–Trinajstić information content (AvgIpc) is 3.55. The maximum atomic E-state index is 11.5. The van der Waals surface area contributed by atoms with Crippen molar-refractivity contribution in [1.82, 2.24) is 20.8 Å². The van der Waals surface area contributed by atoms with E-state index in [9.17, 15) is 9.59 Å². The Hall–Kier alpha value is -4.31. The maximum Gasteiger partial charge on any atom is 0.202 e. The summed E-state index contributed by atoms with van der Waals surface area (Å²) in [6, 6.07) is 15.9. The molecule has 2 heterocycles. The van der Waals surface area contributed by atoms with Gasteiger partial charge in [-0.05, 0) is 48.6 Å². The van der Waals surface area contributed by atoms with Crippen LogP contribution in [0.25, 0.3) is 20.4 Å². The van der Waals surface area contributed by atoms with Crippen LogP contribution >= 0.6 is 22.7 Å². The Balaban J connectivity index is 0.000000176. The van der Waals surface area contributed by atoms with Gasteiger partial charge in [-0.15, -0.1) is 0 Å². The number of hydrogen-bond acceptors (Lipinski definition) is 10. The summed E-state index contributed by atoms with van der Waals surface area (Å²) in [5, 5.41) is 1.53. The first kappa shape index (κ1) is 27.7. The van der Waals surface area contributed by atoms with Crippen LogP contribution in [-0.4, -0.2) is 21.5 Å². The number of hydrazine groups is 2. The normalized spacial score (nSPS) is 15.8. The van der Waals surface area contributed by atoms with Crippen LogP contribution in [0.2, 0.25) is 0 Å². The van der Waals surface area contributed by atoms with Crippen LogP contribution in [0, 0.1) is 0 Å². The smallest absolute Gasteiger partial charge is 0.202 e. The molecular formula is C28H22N6NiO2S2. The molecule has 0 unspecified atom stereocenters. The Kier molecular flexibility index (Phi) is 9.58. The average molecular weight is 597 g/mol. The number of carbonyl (C=O) groups excluding carboxylic acids is 2. The Morgan fingerprint density at radius 1 is 0.590 bits per heavy atom. The van der Waals surface area contributed by atoms with Gasteiger partial charge in [-0.1, -0.05) is 71.2 Å². The van der Waals surface area contributed by atoms with E-state index in [2.05, 4.69) is 31.7 Å². The van der Waals surface area contributed by atoms with Crippen LogP contribution in [0.5, 0.6) is 0 Å². The van der Waals surface area contributed by atoms with Gasteiger partial charge in [0, 0.05) is 40.0 Å². The number of ketones is 2. The number of fused-ring (bicyclic) bond motifs is 2. The van der Waals surface area contributed by atoms with E-state index >= 15 is 0 Å². The van der Waals surface area contributed by atoms with Gasteiger partial charge in [0.25, 0.3) is 0 Å². The van der Waals surface area contributed by atoms with Crippen molar-refractivity contribution in [3.05, 3.63) is 121 Å². The van der Waals surface area contributed by atoms with E-state index in [1.165, 1.54) is 12.2 Å². The fraction of sp³-hybridized carbons (Fsp3) is 0. The molecule has 4 aromatic rings. The van der Waals surface area contributed by atoms with Gasteiger partial charge >= 0.3 is 0 Å². The number of carbonyl (C=O) groups is 2. The van der Waals surface area contributed by atoms with Crippen LogP contribution in [0.4, 0.5) is 10.3 Å². The van der Waals surface area contributed by atoms with Crippen molar-refractivity contribution in [2.75, 3.05) is 10.9 Å². The number of nitrogens with zero attached hydrogens (tertiary/aromatic N) is 2. The molecule has 0 amide bonds. The molecule has 2 aromatic heterocycles. The molecule has 11 heteroatoms. The number of rotatable bonds is 6. The zero-order valence-electron chi connectivity index (χ0n) is 20.2. The number of hydrogen-bond donors (Lipinski definition) is 4. The molecule has 0 bridgehead atoms. The second-order valence-electron chi connectivity index (χ2n) is 7.88. The summed E-state index contributed by atoms with van der Waals surface area (Å²) in [6.45, 7) is 0. The molecule has 0 saturated heterocycles. The van der Waals surface area contributed by atoms with Crippen LogP contribution in [0.1, 0.15) is 0 Å². The first-order chi connectivity index (χ1) is 18.7. The molecule has 0 atom stereocenters. The van der Waals surface area contributed by atoms with Gasteiger partial charge in [-0.2, -0.15) is 0 Å². The fourth-order valence-electron chi connectivity index (χ4n) is 3.40. The molecule has 2 aromatic carbocycles. The molecule has 0 fully saturated rings. The molecule has 8 nitrogen and oxygen atoms in total. The topological polar surface area (TPSA) is 108 Å². The van der Waals surface area contributed by atoms with Crippen LogP contribution < -0.4 is 21.7 Å². The molecular weight excluding hydrogens is 575 g/mol. The fourth-order valence-corrected chi connectivity index (χ4v) is 5.06. The number of benzene rings is 2. The Labute approximate surface area is 242 Å². The summed E-state index contributed by atoms with van der Waals surface area (Å²) in [4.78, 5) is 31.8. The largest absolute Gasteiger partial charge is 0.306 e. The van der Waals surface area contributed by atoms with Crippen LogP contribution in [0.3, 0.4) is 0 Å². The SMILES string of the molecule is O=C1C=CC=C/C1=C/NNc1nc2ccccc2s1.O=C1C=CC=C/C1=C/NNc1nc2ccccc2s1.[Ni]. The van der Waals surface area contributed by atoms with Gasteiger partial charge in [0.15, 0.2) is 11.6 Å². The number of aromatic nitrogens is 2. The third-order valence-electron chi connectivity index (χ3n) is 5.24. The summed E-state index contributed by atoms with van der Waals surface area (Å²) in [5.41, 5.74) is 14.9. The van der Waals surface area contributed by atoms with Gasteiger partial charge < -0.3 is 10.9 Å². The van der Waals surface area contributed by atoms with Crippen molar-refractivity contribution in [2.45, 2.75) is 0 Å². The van der Waals surface area contributed by atoms with E-state index in [-0.39, 0.29) is 28.1 Å². The van der Waals surface area contributed by atoms with E-state index in [0.717, 1.165) is 30.7 Å². The standard InChI is InChI=1S/2C14H11N3OS.Ni/c2*18-12-7-3-1-5-10(12)9-15-17-14-16-11-6-2-4-8-13(11)19-14;/h2*1-9,15H,(H,16,17);/b2*10-9-;. The second-order valence-corrected chi connectivity index (χ2v) is 9.94. The maximum absolute atomic E-state index is 11.5. The second kappa shape index (κ2) is 13.5. The van der Waals surface area contributed by atoms with Gasteiger partial charge in [-0.3, -0.25) is 20.4 Å². The third-order valence-corrected chi connectivity index (χ3v) is 7.14. The molecule has 2 aliphatic carbocycles. The van der Waals surface area contributed by atoms with Crippen molar-refractivity contribution in [1.29, 1.82) is 0 Å². The number of nitrogens with one attached hydrogen (secondary N) is 4. The molecule has 0 aliphatic heterocycles. The van der Waals surface area contributed by atoms with Crippen LogP contribution in [-0.2, 0) is 26.1 Å². The molecule has 0 radical (unpaired) electrons. The minimum absolute atomic E-state index is 0. The number of thiazole rings is 2. The Morgan fingerprint density at radius 3 is 1.41 bits per heavy atom. The monoisotopic (exact) mass is 596 g/mol. The number of allylic oxidation sites excluding steroid dienone is 10. The van der Waals surface area contributed by atoms with E-state index < -0.39 is 0 Å². The first-order valence-electron chi connectivity index (χ1n) is 11.6.